The highest BCUT2D eigenvalue weighted by Crippen LogP contribution is 2.24. The number of aryl methyl sites for hydroxylation is 1. The van der Waals surface area contributed by atoms with Crippen molar-refractivity contribution in [2.75, 3.05) is 0 Å². The first kappa shape index (κ1) is 10.1. The summed E-state index contributed by atoms with van der Waals surface area (Å²) in [4.78, 5) is 0. The van der Waals surface area contributed by atoms with Gasteiger partial charge in [-0.2, -0.15) is 15.3 Å². The van der Waals surface area contributed by atoms with Gasteiger partial charge in [-0.15, -0.1) is 0 Å². The number of hydrogen-bond donors (Lipinski definition) is 1. The molecule has 1 unspecified atom stereocenters. The fraction of sp³-hybridized carbons (Fsp3) is 0.222. The molecule has 0 radical (unpaired) electrons. The summed E-state index contributed by atoms with van der Waals surface area (Å²) in [7, 11) is 1.80. The molecule has 0 aliphatic heterocycles. The van der Waals surface area contributed by atoms with E-state index >= 15 is 0 Å². The Kier molecular flexibility index (Phi) is 2.66. The summed E-state index contributed by atoms with van der Waals surface area (Å²) < 4.78 is 1.66. The van der Waals surface area contributed by atoms with Gasteiger partial charge in [0.05, 0.1) is 29.2 Å². The highest BCUT2D eigenvalue weighted by atomic mass is 35.5. The number of rotatable bonds is 2. The van der Waals surface area contributed by atoms with Crippen LogP contribution in [0.4, 0.5) is 0 Å². The topological polar surface area (TPSA) is 69.6 Å². The molecule has 0 saturated heterocycles. The molecular formula is C9H10ClN5. The zero-order chi connectivity index (χ0) is 10.8. The fourth-order valence-electron chi connectivity index (χ4n) is 1.41. The van der Waals surface area contributed by atoms with Crippen LogP contribution in [0.25, 0.3) is 0 Å². The third kappa shape index (κ3) is 1.84. The summed E-state index contributed by atoms with van der Waals surface area (Å²) in [5.41, 5.74) is 7.67. The van der Waals surface area contributed by atoms with Crippen LogP contribution in [-0.4, -0.2) is 20.0 Å². The smallest absolute Gasteiger partial charge is 0.0837 e. The number of nitrogens with two attached hydrogens (primary N) is 1. The van der Waals surface area contributed by atoms with Gasteiger partial charge in [-0.05, 0) is 11.6 Å². The second kappa shape index (κ2) is 3.96. The second-order valence-electron chi connectivity index (χ2n) is 3.15. The molecule has 0 aromatic carbocycles. The van der Waals surface area contributed by atoms with Crippen molar-refractivity contribution < 1.29 is 0 Å². The molecule has 5 nitrogen and oxygen atoms in total. The number of hydrogen-bond acceptors (Lipinski definition) is 4. The molecule has 0 fully saturated rings. The zero-order valence-electron chi connectivity index (χ0n) is 8.13. The first-order chi connectivity index (χ1) is 7.20. The predicted octanol–water partition coefficient (Wildman–Crippen LogP) is 0.912. The van der Waals surface area contributed by atoms with Crippen LogP contribution in [0.1, 0.15) is 17.3 Å². The predicted molar refractivity (Wildman–Crippen MR) is 56.3 cm³/mol. The molecule has 0 aliphatic rings. The summed E-state index contributed by atoms with van der Waals surface area (Å²) in [6.07, 6.45) is 4.79. The number of nitrogens with zero attached hydrogens (tertiary/aromatic N) is 4. The summed E-state index contributed by atoms with van der Waals surface area (Å²) >= 11 is 5.99. The van der Waals surface area contributed by atoms with Gasteiger partial charge in [0.25, 0.3) is 0 Å². The van der Waals surface area contributed by atoms with Crippen molar-refractivity contribution in [1.82, 2.24) is 20.0 Å². The van der Waals surface area contributed by atoms with Gasteiger partial charge >= 0.3 is 0 Å². The molecule has 0 saturated carbocycles. The molecule has 2 heterocycles. The lowest BCUT2D eigenvalue weighted by Crippen LogP contribution is -2.16. The molecule has 1 atom stereocenters. The van der Waals surface area contributed by atoms with Gasteiger partial charge in [0.15, 0.2) is 0 Å². The SMILES string of the molecule is Cn1ncc(Cl)c1C(N)c1ccnnc1. The zero-order valence-corrected chi connectivity index (χ0v) is 8.89. The molecule has 2 N–H and O–H groups in total. The van der Waals surface area contributed by atoms with E-state index in [-0.39, 0.29) is 6.04 Å². The van der Waals surface area contributed by atoms with Crippen LogP contribution < -0.4 is 5.73 Å². The largest absolute Gasteiger partial charge is 0.319 e. The van der Waals surface area contributed by atoms with Gasteiger partial charge in [-0.3, -0.25) is 4.68 Å². The van der Waals surface area contributed by atoms with Gasteiger partial charge in [0.2, 0.25) is 0 Å². The third-order valence-corrected chi connectivity index (χ3v) is 2.49. The van der Waals surface area contributed by atoms with Gasteiger partial charge in [-0.25, -0.2) is 0 Å². The van der Waals surface area contributed by atoms with Gasteiger partial charge < -0.3 is 5.73 Å². The standard InChI is InChI=1S/C9H10ClN5/c1-15-9(7(10)5-14-15)8(11)6-2-3-12-13-4-6/h2-5,8H,11H2,1H3. The Morgan fingerprint density at radius 2 is 2.20 bits per heavy atom. The van der Waals surface area contributed by atoms with Crippen molar-refractivity contribution in [1.29, 1.82) is 0 Å². The van der Waals surface area contributed by atoms with Crippen molar-refractivity contribution in [3.8, 4) is 0 Å². The van der Waals surface area contributed by atoms with E-state index in [0.29, 0.717) is 5.02 Å². The normalized spacial score (nSPS) is 12.7. The van der Waals surface area contributed by atoms with Crippen LogP contribution in [0.3, 0.4) is 0 Å². The molecule has 0 bridgehead atoms. The summed E-state index contributed by atoms with van der Waals surface area (Å²) in [5.74, 6) is 0. The van der Waals surface area contributed by atoms with Gasteiger partial charge in [0, 0.05) is 13.2 Å². The first-order valence-electron chi connectivity index (χ1n) is 4.39. The van der Waals surface area contributed by atoms with E-state index in [1.54, 1.807) is 36.4 Å². The highest BCUT2D eigenvalue weighted by Gasteiger charge is 2.16. The molecule has 78 valence electrons. The van der Waals surface area contributed by atoms with E-state index in [1.807, 2.05) is 0 Å². The molecule has 0 amide bonds. The maximum Gasteiger partial charge on any atom is 0.0837 e. The lowest BCUT2D eigenvalue weighted by Gasteiger charge is -2.12. The third-order valence-electron chi connectivity index (χ3n) is 2.20. The maximum atomic E-state index is 6.05. The quantitative estimate of drug-likeness (QED) is 0.822. The summed E-state index contributed by atoms with van der Waals surface area (Å²) in [5, 5.41) is 12.1. The molecule has 6 heteroatoms. The fourth-order valence-corrected chi connectivity index (χ4v) is 1.70. The van der Waals surface area contributed by atoms with Crippen molar-refractivity contribution in [3.63, 3.8) is 0 Å². The molecular weight excluding hydrogens is 214 g/mol. The van der Waals surface area contributed by atoms with E-state index in [9.17, 15) is 0 Å². The van der Waals surface area contributed by atoms with Crippen molar-refractivity contribution >= 4 is 11.6 Å². The summed E-state index contributed by atoms with van der Waals surface area (Å²) in [6.45, 7) is 0. The molecule has 0 aliphatic carbocycles. The van der Waals surface area contributed by atoms with Crippen molar-refractivity contribution in [2.45, 2.75) is 6.04 Å². The minimum Gasteiger partial charge on any atom is -0.319 e. The molecule has 0 spiro atoms. The summed E-state index contributed by atoms with van der Waals surface area (Å²) in [6, 6.07) is 1.47. The Morgan fingerprint density at radius 3 is 2.73 bits per heavy atom. The average molecular weight is 224 g/mol. The minimum absolute atomic E-state index is 0.333. The average Bonchev–Trinajstić information content (AvgIpc) is 2.59. The minimum atomic E-state index is -0.333. The van der Waals surface area contributed by atoms with E-state index in [1.165, 1.54) is 0 Å². The number of halogens is 1. The number of aromatic nitrogens is 4. The van der Waals surface area contributed by atoms with E-state index < -0.39 is 0 Å². The molecule has 2 aromatic rings. The Morgan fingerprint density at radius 1 is 1.40 bits per heavy atom. The molecule has 2 aromatic heterocycles. The lowest BCUT2D eigenvalue weighted by atomic mass is 10.1. The van der Waals surface area contributed by atoms with Crippen LogP contribution in [-0.2, 0) is 7.05 Å². The van der Waals surface area contributed by atoms with Crippen LogP contribution in [0, 0.1) is 0 Å². The first-order valence-corrected chi connectivity index (χ1v) is 4.77. The van der Waals surface area contributed by atoms with Crippen LogP contribution in [0.5, 0.6) is 0 Å². The van der Waals surface area contributed by atoms with E-state index in [4.69, 9.17) is 17.3 Å². The Hall–Kier alpha value is -1.46. The van der Waals surface area contributed by atoms with E-state index in [2.05, 4.69) is 15.3 Å². The Bertz CT molecular complexity index is 433. The van der Waals surface area contributed by atoms with E-state index in [0.717, 1.165) is 11.3 Å². The highest BCUT2D eigenvalue weighted by molar-refractivity contribution is 6.31. The van der Waals surface area contributed by atoms with Crippen LogP contribution in [0.2, 0.25) is 5.02 Å². The van der Waals surface area contributed by atoms with Gasteiger partial charge in [0.1, 0.15) is 0 Å². The molecule has 15 heavy (non-hydrogen) atoms. The van der Waals surface area contributed by atoms with Crippen molar-refractivity contribution in [2.24, 2.45) is 12.8 Å². The van der Waals surface area contributed by atoms with Crippen LogP contribution >= 0.6 is 11.6 Å². The monoisotopic (exact) mass is 223 g/mol. The Labute approximate surface area is 91.9 Å². The second-order valence-corrected chi connectivity index (χ2v) is 3.56. The van der Waals surface area contributed by atoms with Crippen LogP contribution in [0.15, 0.2) is 24.7 Å². The van der Waals surface area contributed by atoms with Gasteiger partial charge in [-0.1, -0.05) is 11.6 Å². The Balaban J connectivity index is 2.41. The van der Waals surface area contributed by atoms with Crippen molar-refractivity contribution in [3.05, 3.63) is 40.9 Å². The lowest BCUT2D eigenvalue weighted by molar-refractivity contribution is 0.670. The molecule has 2 rings (SSSR count). The maximum absolute atomic E-state index is 6.05.